The minimum Gasteiger partial charge on any atom is -0.316 e. The van der Waals surface area contributed by atoms with Gasteiger partial charge in [0, 0.05) is 38.3 Å². The molecule has 124 valence electrons. The molecule has 2 aliphatic rings. The molecule has 0 amide bonds. The van der Waals surface area contributed by atoms with Crippen LogP contribution in [-0.2, 0) is 0 Å². The molecule has 0 bridgehead atoms. The van der Waals surface area contributed by atoms with Crippen LogP contribution in [0, 0.1) is 11.3 Å². The Morgan fingerprint density at radius 1 is 1.29 bits per heavy atom. The molecule has 2 rings (SSSR count). The largest absolute Gasteiger partial charge is 0.316 e. The Labute approximate surface area is 132 Å². The molecule has 0 aromatic rings. The van der Waals surface area contributed by atoms with Gasteiger partial charge in [-0.2, -0.15) is 0 Å². The SMILES string of the molecule is CCC(C)(CNCC(C)C)CN1CC2CCCN2CC1C. The van der Waals surface area contributed by atoms with Crippen LogP contribution in [0.5, 0.6) is 0 Å². The molecule has 0 spiro atoms. The third kappa shape index (κ3) is 4.67. The lowest BCUT2D eigenvalue weighted by Crippen LogP contribution is -2.57. The highest BCUT2D eigenvalue weighted by Gasteiger charge is 2.37. The van der Waals surface area contributed by atoms with Crippen molar-refractivity contribution in [1.82, 2.24) is 15.1 Å². The van der Waals surface area contributed by atoms with E-state index in [2.05, 4.69) is 49.7 Å². The predicted octanol–water partition coefficient (Wildman–Crippen LogP) is 2.82. The van der Waals surface area contributed by atoms with Gasteiger partial charge in [-0.1, -0.05) is 27.7 Å². The standard InChI is InChI=1S/C18H37N3/c1-6-18(5,13-19-10-15(2)3)14-21-12-17-8-7-9-20(17)11-16(21)4/h15-17,19H,6-14H2,1-5H3. The average Bonchev–Trinajstić information content (AvgIpc) is 2.85. The molecule has 2 heterocycles. The van der Waals surface area contributed by atoms with Gasteiger partial charge in [0.1, 0.15) is 0 Å². The first-order chi connectivity index (χ1) is 9.93. The maximum atomic E-state index is 3.69. The Balaban J connectivity index is 1.87. The van der Waals surface area contributed by atoms with Gasteiger partial charge in [-0.15, -0.1) is 0 Å². The van der Waals surface area contributed by atoms with Crippen molar-refractivity contribution in [1.29, 1.82) is 0 Å². The van der Waals surface area contributed by atoms with Gasteiger partial charge in [-0.05, 0) is 50.6 Å². The highest BCUT2D eigenvalue weighted by Crippen LogP contribution is 2.29. The fourth-order valence-electron chi connectivity index (χ4n) is 3.91. The van der Waals surface area contributed by atoms with Crippen molar-refractivity contribution in [3.8, 4) is 0 Å². The van der Waals surface area contributed by atoms with E-state index in [-0.39, 0.29) is 0 Å². The fourth-order valence-corrected chi connectivity index (χ4v) is 3.91. The highest BCUT2D eigenvalue weighted by atomic mass is 15.3. The van der Waals surface area contributed by atoms with Crippen LogP contribution in [0.1, 0.15) is 53.9 Å². The van der Waals surface area contributed by atoms with Gasteiger partial charge < -0.3 is 5.32 Å². The van der Waals surface area contributed by atoms with Crippen molar-refractivity contribution in [2.45, 2.75) is 66.0 Å². The maximum Gasteiger partial charge on any atom is 0.0224 e. The van der Waals surface area contributed by atoms with Gasteiger partial charge in [-0.3, -0.25) is 9.80 Å². The van der Waals surface area contributed by atoms with E-state index in [0.717, 1.165) is 31.1 Å². The number of nitrogens with one attached hydrogen (secondary N) is 1. The van der Waals surface area contributed by atoms with E-state index in [0.29, 0.717) is 5.41 Å². The quantitative estimate of drug-likeness (QED) is 0.779. The van der Waals surface area contributed by atoms with Crippen LogP contribution >= 0.6 is 0 Å². The predicted molar refractivity (Wildman–Crippen MR) is 91.7 cm³/mol. The van der Waals surface area contributed by atoms with Crippen molar-refractivity contribution >= 4 is 0 Å². The van der Waals surface area contributed by atoms with Crippen molar-refractivity contribution < 1.29 is 0 Å². The zero-order valence-electron chi connectivity index (χ0n) is 15.0. The minimum absolute atomic E-state index is 0.407. The third-order valence-electron chi connectivity index (χ3n) is 5.61. The lowest BCUT2D eigenvalue weighted by Gasteiger charge is -2.46. The summed E-state index contributed by atoms with van der Waals surface area (Å²) in [5.74, 6) is 0.743. The van der Waals surface area contributed by atoms with E-state index in [9.17, 15) is 0 Å². The van der Waals surface area contributed by atoms with E-state index in [4.69, 9.17) is 0 Å². The molecule has 0 aromatic heterocycles. The van der Waals surface area contributed by atoms with E-state index in [1.54, 1.807) is 0 Å². The Morgan fingerprint density at radius 2 is 2.05 bits per heavy atom. The summed E-state index contributed by atoms with van der Waals surface area (Å²) in [6.45, 7) is 19.3. The molecule has 2 saturated heterocycles. The highest BCUT2D eigenvalue weighted by molar-refractivity contribution is 4.93. The number of fused-ring (bicyclic) bond motifs is 1. The van der Waals surface area contributed by atoms with Gasteiger partial charge in [0.15, 0.2) is 0 Å². The minimum atomic E-state index is 0.407. The van der Waals surface area contributed by atoms with E-state index in [1.165, 1.54) is 45.4 Å². The lowest BCUT2D eigenvalue weighted by atomic mass is 9.85. The Kier molecular flexibility index (Phi) is 6.10. The second kappa shape index (κ2) is 7.43. The van der Waals surface area contributed by atoms with Gasteiger partial charge in [0.25, 0.3) is 0 Å². The van der Waals surface area contributed by atoms with Gasteiger partial charge in [0.05, 0.1) is 0 Å². The summed E-state index contributed by atoms with van der Waals surface area (Å²) in [7, 11) is 0. The topological polar surface area (TPSA) is 18.5 Å². The van der Waals surface area contributed by atoms with Gasteiger partial charge in [-0.25, -0.2) is 0 Å². The first-order valence-electron chi connectivity index (χ1n) is 9.12. The van der Waals surface area contributed by atoms with Crippen LogP contribution in [0.4, 0.5) is 0 Å². The second-order valence-corrected chi connectivity index (χ2v) is 8.26. The summed E-state index contributed by atoms with van der Waals surface area (Å²) in [5, 5.41) is 3.69. The normalized spacial score (nSPS) is 30.6. The molecule has 3 heteroatoms. The number of rotatable bonds is 7. The van der Waals surface area contributed by atoms with Crippen LogP contribution in [0.3, 0.4) is 0 Å². The van der Waals surface area contributed by atoms with Crippen LogP contribution in [-0.4, -0.2) is 61.2 Å². The Hall–Kier alpha value is -0.120. The molecule has 21 heavy (non-hydrogen) atoms. The first kappa shape index (κ1) is 17.2. The molecule has 3 nitrogen and oxygen atoms in total. The van der Waals surface area contributed by atoms with Crippen LogP contribution in [0.25, 0.3) is 0 Å². The lowest BCUT2D eigenvalue weighted by molar-refractivity contribution is 0.0283. The smallest absolute Gasteiger partial charge is 0.0224 e. The molecule has 0 saturated carbocycles. The average molecular weight is 296 g/mol. The summed E-state index contributed by atoms with van der Waals surface area (Å²) >= 11 is 0. The number of nitrogens with zero attached hydrogens (tertiary/aromatic N) is 2. The van der Waals surface area contributed by atoms with Gasteiger partial charge in [0.2, 0.25) is 0 Å². The van der Waals surface area contributed by atoms with E-state index >= 15 is 0 Å². The fraction of sp³-hybridized carbons (Fsp3) is 1.00. The summed E-state index contributed by atoms with van der Waals surface area (Å²) in [6.07, 6.45) is 4.08. The molecule has 1 N–H and O–H groups in total. The number of hydrogen-bond donors (Lipinski definition) is 1. The molecule has 3 atom stereocenters. The molecule has 0 aliphatic carbocycles. The zero-order chi connectivity index (χ0) is 15.5. The van der Waals surface area contributed by atoms with E-state index in [1.807, 2.05) is 0 Å². The molecule has 2 fully saturated rings. The van der Waals surface area contributed by atoms with Crippen molar-refractivity contribution in [3.05, 3.63) is 0 Å². The van der Waals surface area contributed by atoms with Crippen LogP contribution in [0.15, 0.2) is 0 Å². The molecule has 2 aliphatic heterocycles. The van der Waals surface area contributed by atoms with Crippen LogP contribution < -0.4 is 5.32 Å². The summed E-state index contributed by atoms with van der Waals surface area (Å²) < 4.78 is 0. The van der Waals surface area contributed by atoms with Crippen molar-refractivity contribution in [2.24, 2.45) is 11.3 Å². The Bertz CT molecular complexity index is 318. The molecule has 0 aromatic carbocycles. The zero-order valence-corrected chi connectivity index (χ0v) is 15.0. The monoisotopic (exact) mass is 295 g/mol. The summed E-state index contributed by atoms with van der Waals surface area (Å²) in [5.41, 5.74) is 0.407. The second-order valence-electron chi connectivity index (χ2n) is 8.26. The van der Waals surface area contributed by atoms with Crippen molar-refractivity contribution in [3.63, 3.8) is 0 Å². The van der Waals surface area contributed by atoms with Crippen molar-refractivity contribution in [2.75, 3.05) is 39.3 Å². The number of piperazine rings is 1. The van der Waals surface area contributed by atoms with E-state index < -0.39 is 0 Å². The number of hydrogen-bond acceptors (Lipinski definition) is 3. The van der Waals surface area contributed by atoms with Gasteiger partial charge >= 0.3 is 0 Å². The molecule has 0 radical (unpaired) electrons. The summed E-state index contributed by atoms with van der Waals surface area (Å²) in [4.78, 5) is 5.49. The molecular weight excluding hydrogens is 258 g/mol. The van der Waals surface area contributed by atoms with Crippen LogP contribution in [0.2, 0.25) is 0 Å². The molecule has 3 unspecified atom stereocenters. The maximum absolute atomic E-state index is 3.69. The summed E-state index contributed by atoms with van der Waals surface area (Å²) in [6, 6.07) is 1.56. The third-order valence-corrected chi connectivity index (χ3v) is 5.61. The Morgan fingerprint density at radius 3 is 2.71 bits per heavy atom. The molecular formula is C18H37N3. The first-order valence-corrected chi connectivity index (χ1v) is 9.12.